The summed E-state index contributed by atoms with van der Waals surface area (Å²) in [6.45, 7) is 8.39. The molecular weight excluding hydrogens is 407 g/mol. The fourth-order valence-electron chi connectivity index (χ4n) is 3.70. The Hall–Kier alpha value is 1.17. The van der Waals surface area contributed by atoms with E-state index in [1.807, 2.05) is 6.92 Å². The second-order valence-corrected chi connectivity index (χ2v) is 10.5. The fourth-order valence-corrected chi connectivity index (χ4v) is 4.86. The summed E-state index contributed by atoms with van der Waals surface area (Å²) in [5.74, 6) is 0.123. The quantitative estimate of drug-likeness (QED) is 0.612. The highest BCUT2D eigenvalue weighted by Gasteiger charge is 2.53. The largest absolute Gasteiger partial charge is 0.393 e. The molecule has 5 heteroatoms. The van der Waals surface area contributed by atoms with Crippen molar-refractivity contribution >= 4 is 43.5 Å². The van der Waals surface area contributed by atoms with E-state index in [1.165, 1.54) is 0 Å². The zero-order valence-electron chi connectivity index (χ0n) is 12.6. The molecule has 1 saturated carbocycles. The topological polar surface area (TPSA) is 29.5 Å². The lowest BCUT2D eigenvalue weighted by molar-refractivity contribution is -0.207. The van der Waals surface area contributed by atoms with Gasteiger partial charge < -0.3 is 9.84 Å². The lowest BCUT2D eigenvalue weighted by Crippen LogP contribution is -2.59. The molecule has 6 atom stereocenters. The minimum absolute atomic E-state index is 0.123. The van der Waals surface area contributed by atoms with Crippen molar-refractivity contribution in [3.8, 4) is 0 Å². The average molecular weight is 433 g/mol. The SMILES string of the molecule is CC1(C)O[C@](C)([C@@H]2C[C@H](Br)[C@@](C)(Cl)C[C@@H]2O)CC[C@H]1Br. The molecule has 1 heterocycles. The van der Waals surface area contributed by atoms with Gasteiger partial charge in [0.05, 0.1) is 22.2 Å². The van der Waals surface area contributed by atoms with Gasteiger partial charge in [0.2, 0.25) is 0 Å². The van der Waals surface area contributed by atoms with Gasteiger partial charge in [-0.2, -0.15) is 0 Å². The Balaban J connectivity index is 2.18. The molecule has 1 N–H and O–H groups in total. The second kappa shape index (κ2) is 5.67. The van der Waals surface area contributed by atoms with E-state index in [0.29, 0.717) is 11.2 Å². The van der Waals surface area contributed by atoms with Gasteiger partial charge >= 0.3 is 0 Å². The Morgan fingerprint density at radius 1 is 1.15 bits per heavy atom. The van der Waals surface area contributed by atoms with Gasteiger partial charge in [0.25, 0.3) is 0 Å². The number of ether oxygens (including phenoxy) is 1. The zero-order valence-corrected chi connectivity index (χ0v) is 16.6. The van der Waals surface area contributed by atoms with Crippen molar-refractivity contribution in [2.24, 2.45) is 5.92 Å². The summed E-state index contributed by atoms with van der Waals surface area (Å²) in [4.78, 5) is 0.186. The summed E-state index contributed by atoms with van der Waals surface area (Å²) in [6.07, 6.45) is 3.08. The number of alkyl halides is 3. The van der Waals surface area contributed by atoms with Crippen molar-refractivity contribution in [1.29, 1.82) is 0 Å². The Morgan fingerprint density at radius 3 is 2.30 bits per heavy atom. The number of hydrogen-bond acceptors (Lipinski definition) is 2. The zero-order chi connectivity index (χ0) is 15.3. The van der Waals surface area contributed by atoms with Gasteiger partial charge in [-0.25, -0.2) is 0 Å². The van der Waals surface area contributed by atoms with Crippen LogP contribution in [0.25, 0.3) is 0 Å². The van der Waals surface area contributed by atoms with Gasteiger partial charge in [-0.05, 0) is 53.4 Å². The first-order valence-corrected chi connectivity index (χ1v) is 9.54. The molecule has 1 aliphatic heterocycles. The van der Waals surface area contributed by atoms with Gasteiger partial charge in [0, 0.05) is 15.6 Å². The Kier molecular flexibility index (Phi) is 4.96. The van der Waals surface area contributed by atoms with Crippen LogP contribution in [0, 0.1) is 5.92 Å². The van der Waals surface area contributed by atoms with Crippen molar-refractivity contribution in [2.75, 3.05) is 0 Å². The molecule has 0 aromatic carbocycles. The molecule has 0 spiro atoms. The van der Waals surface area contributed by atoms with E-state index in [4.69, 9.17) is 16.3 Å². The van der Waals surface area contributed by atoms with Crippen molar-refractivity contribution in [2.45, 2.75) is 85.2 Å². The van der Waals surface area contributed by atoms with Gasteiger partial charge in [0.1, 0.15) is 0 Å². The summed E-state index contributed by atoms with van der Waals surface area (Å²) in [5, 5.41) is 10.6. The number of aliphatic hydroxyl groups excluding tert-OH is 1. The predicted molar refractivity (Wildman–Crippen MR) is 91.2 cm³/mol. The third-order valence-electron chi connectivity index (χ3n) is 5.12. The van der Waals surface area contributed by atoms with Crippen LogP contribution in [0.3, 0.4) is 0 Å². The van der Waals surface area contributed by atoms with E-state index in [0.717, 1.165) is 19.3 Å². The van der Waals surface area contributed by atoms with E-state index in [1.54, 1.807) is 0 Å². The number of rotatable bonds is 1. The predicted octanol–water partition coefficient (Wildman–Crippen LogP) is 4.63. The molecule has 0 bridgehead atoms. The third kappa shape index (κ3) is 3.24. The number of hydrogen-bond donors (Lipinski definition) is 1. The molecule has 1 saturated heterocycles. The van der Waals surface area contributed by atoms with Crippen molar-refractivity contribution in [3.63, 3.8) is 0 Å². The summed E-state index contributed by atoms with van der Waals surface area (Å²) in [7, 11) is 0. The highest BCUT2D eigenvalue weighted by Crippen LogP contribution is 2.50. The summed E-state index contributed by atoms with van der Waals surface area (Å²) < 4.78 is 6.43. The smallest absolute Gasteiger partial charge is 0.0758 e. The van der Waals surface area contributed by atoms with E-state index in [-0.39, 0.29) is 26.8 Å². The van der Waals surface area contributed by atoms with Gasteiger partial charge in [0.15, 0.2) is 0 Å². The van der Waals surface area contributed by atoms with Crippen molar-refractivity contribution in [3.05, 3.63) is 0 Å². The molecule has 0 amide bonds. The molecule has 0 unspecified atom stereocenters. The highest BCUT2D eigenvalue weighted by molar-refractivity contribution is 9.09. The van der Waals surface area contributed by atoms with E-state index < -0.39 is 6.10 Å². The molecule has 2 rings (SSSR count). The van der Waals surface area contributed by atoms with Gasteiger partial charge in [-0.3, -0.25) is 0 Å². The van der Waals surface area contributed by atoms with Gasteiger partial charge in [-0.15, -0.1) is 11.6 Å². The lowest BCUT2D eigenvalue weighted by Gasteiger charge is -2.54. The van der Waals surface area contributed by atoms with Crippen LogP contribution in [0.1, 0.15) is 53.4 Å². The molecule has 2 aliphatic rings. The maximum absolute atomic E-state index is 10.6. The standard InChI is InChI=1S/C15H25Br2ClO2/c1-13(2)11(16)5-6-15(4,20-13)9-7-12(17)14(3,18)8-10(9)19/h9-12,19H,5-8H2,1-4H3/t9-,10+,11-,12+,14+,15+/m1/s1. The first-order chi connectivity index (χ1) is 8.98. The Labute approximate surface area is 144 Å². The van der Waals surface area contributed by atoms with E-state index in [9.17, 15) is 5.11 Å². The number of halogens is 3. The molecule has 20 heavy (non-hydrogen) atoms. The molecular formula is C15H25Br2ClO2. The van der Waals surface area contributed by atoms with Crippen LogP contribution in [-0.4, -0.2) is 36.9 Å². The summed E-state index contributed by atoms with van der Waals surface area (Å²) >= 11 is 13.9. The molecule has 2 fully saturated rings. The molecule has 0 aromatic rings. The van der Waals surface area contributed by atoms with Gasteiger partial charge in [-0.1, -0.05) is 31.9 Å². The average Bonchev–Trinajstić information content (AvgIpc) is 2.28. The van der Waals surface area contributed by atoms with Crippen LogP contribution in [0.4, 0.5) is 0 Å². The molecule has 118 valence electrons. The minimum atomic E-state index is -0.404. The highest BCUT2D eigenvalue weighted by atomic mass is 79.9. The second-order valence-electron chi connectivity index (χ2n) is 7.38. The summed E-state index contributed by atoms with van der Waals surface area (Å²) in [6, 6.07) is 0. The first-order valence-electron chi connectivity index (χ1n) is 7.33. The van der Waals surface area contributed by atoms with E-state index in [2.05, 4.69) is 52.6 Å². The molecule has 2 nitrogen and oxygen atoms in total. The van der Waals surface area contributed by atoms with Crippen LogP contribution in [0.5, 0.6) is 0 Å². The third-order valence-corrected chi connectivity index (χ3v) is 8.74. The monoisotopic (exact) mass is 430 g/mol. The fraction of sp³-hybridized carbons (Fsp3) is 1.00. The molecule has 1 aliphatic carbocycles. The van der Waals surface area contributed by atoms with Crippen LogP contribution < -0.4 is 0 Å². The lowest BCUT2D eigenvalue weighted by atomic mass is 9.69. The van der Waals surface area contributed by atoms with E-state index >= 15 is 0 Å². The molecule has 0 aromatic heterocycles. The van der Waals surface area contributed by atoms with Crippen LogP contribution in [0.2, 0.25) is 0 Å². The maximum atomic E-state index is 10.6. The Morgan fingerprint density at radius 2 is 1.75 bits per heavy atom. The molecule has 0 radical (unpaired) electrons. The van der Waals surface area contributed by atoms with Crippen LogP contribution >= 0.6 is 43.5 Å². The Bertz CT molecular complexity index is 375. The van der Waals surface area contributed by atoms with Crippen LogP contribution in [0.15, 0.2) is 0 Å². The minimum Gasteiger partial charge on any atom is -0.393 e. The van der Waals surface area contributed by atoms with Crippen molar-refractivity contribution in [1.82, 2.24) is 0 Å². The normalized spacial score (nSPS) is 52.8. The maximum Gasteiger partial charge on any atom is 0.0758 e. The summed E-state index contributed by atoms with van der Waals surface area (Å²) in [5.41, 5.74) is -0.497. The number of aliphatic hydroxyl groups is 1. The van der Waals surface area contributed by atoms with Crippen molar-refractivity contribution < 1.29 is 9.84 Å². The first kappa shape index (κ1) is 17.5. The van der Waals surface area contributed by atoms with Crippen LogP contribution in [-0.2, 0) is 4.74 Å².